The van der Waals surface area contributed by atoms with Crippen molar-refractivity contribution in [3.8, 4) is 28.7 Å². The van der Waals surface area contributed by atoms with Gasteiger partial charge in [0.25, 0.3) is 10.0 Å². The van der Waals surface area contributed by atoms with Gasteiger partial charge in [-0.25, -0.2) is 13.4 Å². The van der Waals surface area contributed by atoms with E-state index < -0.39 is 22.5 Å². The van der Waals surface area contributed by atoms with E-state index in [0.29, 0.717) is 11.5 Å². The third-order valence-corrected chi connectivity index (χ3v) is 8.19. The molecule has 1 aromatic heterocycles. The van der Waals surface area contributed by atoms with Crippen LogP contribution >= 0.6 is 0 Å². The number of carbonyl (C=O) groups is 1. The molecule has 1 amide bonds. The average Bonchev–Trinajstić information content (AvgIpc) is 3.43. The number of nitrogens with one attached hydrogen (secondary N) is 1. The molecule has 1 N–H and O–H groups in total. The van der Waals surface area contributed by atoms with E-state index in [4.69, 9.17) is 18.9 Å². The Bertz CT molecular complexity index is 1640. The minimum atomic E-state index is -4.31. The summed E-state index contributed by atoms with van der Waals surface area (Å²) in [6.45, 7) is 1.51. The van der Waals surface area contributed by atoms with Crippen LogP contribution in [0.1, 0.15) is 11.4 Å². The zero-order chi connectivity index (χ0) is 29.6. The van der Waals surface area contributed by atoms with Crippen LogP contribution in [0, 0.1) is 6.92 Å². The van der Waals surface area contributed by atoms with Gasteiger partial charge in [-0.15, -0.1) is 0 Å². The zero-order valence-corrected chi connectivity index (χ0v) is 24.3. The fourth-order valence-corrected chi connectivity index (χ4v) is 5.74. The standard InChI is InChI=1S/C29H32N4O7S/c1-20-30-14-15-32(20)24-9-7-6-8-21(24)18-31-29(34)19-33(25-16-22(37-2)10-12-26(25)38-3)41(35,36)23-11-13-27(39-4)28(17-23)40-5/h6-17H,18-19H2,1-5H3,(H,31,34). The number of sulfonamides is 1. The van der Waals surface area contributed by atoms with Crippen LogP contribution in [-0.2, 0) is 21.4 Å². The van der Waals surface area contributed by atoms with Crippen molar-refractivity contribution in [3.63, 3.8) is 0 Å². The lowest BCUT2D eigenvalue weighted by Gasteiger charge is -2.26. The molecule has 4 rings (SSSR count). The van der Waals surface area contributed by atoms with E-state index in [-0.39, 0.29) is 28.6 Å². The number of hydrogen-bond acceptors (Lipinski definition) is 8. The molecular weight excluding hydrogens is 548 g/mol. The van der Waals surface area contributed by atoms with E-state index in [1.165, 1.54) is 52.7 Å². The van der Waals surface area contributed by atoms with Gasteiger partial charge in [0, 0.05) is 31.1 Å². The Morgan fingerprint density at radius 2 is 1.61 bits per heavy atom. The molecule has 0 bridgehead atoms. The number of imidazole rings is 1. The highest BCUT2D eigenvalue weighted by Crippen LogP contribution is 2.37. The molecule has 4 aromatic rings. The number of ether oxygens (including phenoxy) is 4. The minimum absolute atomic E-state index is 0.103. The molecule has 0 aliphatic rings. The van der Waals surface area contributed by atoms with Crippen LogP contribution in [-0.4, -0.2) is 58.9 Å². The Morgan fingerprint density at radius 3 is 2.27 bits per heavy atom. The maximum absolute atomic E-state index is 14.1. The van der Waals surface area contributed by atoms with Crippen LogP contribution in [0.25, 0.3) is 5.69 Å². The van der Waals surface area contributed by atoms with Crippen LogP contribution < -0.4 is 28.6 Å². The van der Waals surface area contributed by atoms with Gasteiger partial charge < -0.3 is 28.8 Å². The molecule has 0 aliphatic heterocycles. The number of anilines is 1. The molecule has 3 aromatic carbocycles. The second kappa shape index (κ2) is 12.6. The lowest BCUT2D eigenvalue weighted by molar-refractivity contribution is -0.119. The van der Waals surface area contributed by atoms with Crippen LogP contribution in [0.4, 0.5) is 5.69 Å². The topological polar surface area (TPSA) is 121 Å². The SMILES string of the molecule is COc1ccc(OC)c(N(CC(=O)NCc2ccccc2-n2ccnc2C)S(=O)(=O)c2ccc(OC)c(OC)c2)c1. The number of methoxy groups -OCH3 is 4. The van der Waals surface area contributed by atoms with E-state index in [1.807, 2.05) is 42.0 Å². The summed E-state index contributed by atoms with van der Waals surface area (Å²) in [4.78, 5) is 17.5. The second-order valence-electron chi connectivity index (χ2n) is 8.82. The molecule has 0 saturated carbocycles. The highest BCUT2D eigenvalue weighted by Gasteiger charge is 2.31. The largest absolute Gasteiger partial charge is 0.497 e. The van der Waals surface area contributed by atoms with Gasteiger partial charge in [-0.2, -0.15) is 0 Å². The summed E-state index contributed by atoms with van der Waals surface area (Å²) in [5.41, 5.74) is 1.81. The molecule has 0 atom stereocenters. The number of para-hydroxylation sites is 1. The smallest absolute Gasteiger partial charge is 0.265 e. The highest BCUT2D eigenvalue weighted by atomic mass is 32.2. The fourth-order valence-electron chi connectivity index (χ4n) is 4.30. The molecule has 1 heterocycles. The molecule has 12 heteroatoms. The molecule has 0 aliphatic carbocycles. The van der Waals surface area contributed by atoms with E-state index in [1.54, 1.807) is 18.3 Å². The molecule has 0 unspecified atom stereocenters. The summed E-state index contributed by atoms with van der Waals surface area (Å²) in [7, 11) is 1.44. The number of benzene rings is 3. The van der Waals surface area contributed by atoms with Crippen molar-refractivity contribution in [3.05, 3.63) is 84.4 Å². The molecule has 41 heavy (non-hydrogen) atoms. The van der Waals surface area contributed by atoms with E-state index in [0.717, 1.165) is 21.4 Å². The van der Waals surface area contributed by atoms with E-state index in [9.17, 15) is 13.2 Å². The van der Waals surface area contributed by atoms with Crippen molar-refractivity contribution in [1.29, 1.82) is 0 Å². The lowest BCUT2D eigenvalue weighted by Crippen LogP contribution is -2.41. The summed E-state index contributed by atoms with van der Waals surface area (Å²) in [5, 5.41) is 2.86. The van der Waals surface area contributed by atoms with Gasteiger partial charge >= 0.3 is 0 Å². The molecule has 216 valence electrons. The Balaban J connectivity index is 1.69. The summed E-state index contributed by atoms with van der Waals surface area (Å²) < 4.78 is 52.4. The predicted octanol–water partition coefficient (Wildman–Crippen LogP) is 3.73. The van der Waals surface area contributed by atoms with Gasteiger partial charge in [0.05, 0.1) is 44.7 Å². The summed E-state index contributed by atoms with van der Waals surface area (Å²) in [6, 6.07) is 16.5. The number of carbonyl (C=O) groups excluding carboxylic acids is 1. The van der Waals surface area contributed by atoms with Gasteiger partial charge in [-0.3, -0.25) is 9.10 Å². The molecular formula is C29H32N4O7S. The second-order valence-corrected chi connectivity index (χ2v) is 10.7. The highest BCUT2D eigenvalue weighted by molar-refractivity contribution is 7.92. The number of amides is 1. The summed E-state index contributed by atoms with van der Waals surface area (Å²) in [5.74, 6) is 1.47. The first-order valence-electron chi connectivity index (χ1n) is 12.5. The first-order valence-corrected chi connectivity index (χ1v) is 14.0. The number of hydrogen-bond donors (Lipinski definition) is 1. The first kappa shape index (κ1) is 29.3. The van der Waals surface area contributed by atoms with Crippen LogP contribution in [0.5, 0.6) is 23.0 Å². The minimum Gasteiger partial charge on any atom is -0.497 e. The van der Waals surface area contributed by atoms with E-state index in [2.05, 4.69) is 10.3 Å². The lowest BCUT2D eigenvalue weighted by atomic mass is 10.1. The number of nitrogens with zero attached hydrogens (tertiary/aromatic N) is 3. The van der Waals surface area contributed by atoms with Gasteiger partial charge in [-0.1, -0.05) is 18.2 Å². The summed E-state index contributed by atoms with van der Waals surface area (Å²) in [6.07, 6.45) is 3.53. The van der Waals surface area contributed by atoms with Crippen molar-refractivity contribution >= 4 is 21.6 Å². The van der Waals surface area contributed by atoms with E-state index >= 15 is 0 Å². The Morgan fingerprint density at radius 1 is 0.902 bits per heavy atom. The molecule has 0 fully saturated rings. The quantitative estimate of drug-likeness (QED) is 0.269. The molecule has 0 saturated heterocycles. The fraction of sp³-hybridized carbons (Fsp3) is 0.241. The van der Waals surface area contributed by atoms with Crippen molar-refractivity contribution in [1.82, 2.24) is 14.9 Å². The maximum Gasteiger partial charge on any atom is 0.265 e. The first-order chi connectivity index (χ1) is 19.7. The average molecular weight is 581 g/mol. The monoisotopic (exact) mass is 580 g/mol. The molecule has 0 spiro atoms. The number of aryl methyl sites for hydroxylation is 1. The Hall–Kier alpha value is -4.71. The normalized spacial score (nSPS) is 11.0. The third kappa shape index (κ3) is 6.22. The van der Waals surface area contributed by atoms with Gasteiger partial charge in [0.2, 0.25) is 5.91 Å². The van der Waals surface area contributed by atoms with Crippen LogP contribution in [0.3, 0.4) is 0 Å². The zero-order valence-electron chi connectivity index (χ0n) is 23.5. The van der Waals surface area contributed by atoms with Crippen molar-refractivity contribution in [2.45, 2.75) is 18.4 Å². The molecule has 0 radical (unpaired) electrons. The van der Waals surface area contributed by atoms with Crippen LogP contribution in [0.15, 0.2) is 78.0 Å². The number of aromatic nitrogens is 2. The van der Waals surface area contributed by atoms with Gasteiger partial charge in [0.1, 0.15) is 23.9 Å². The van der Waals surface area contributed by atoms with Crippen molar-refractivity contribution in [2.24, 2.45) is 0 Å². The number of rotatable bonds is 12. The predicted molar refractivity (Wildman–Crippen MR) is 154 cm³/mol. The van der Waals surface area contributed by atoms with Crippen molar-refractivity contribution < 1.29 is 32.2 Å². The Labute approximate surface area is 239 Å². The van der Waals surface area contributed by atoms with Gasteiger partial charge in [-0.05, 0) is 42.8 Å². The molecule has 11 nitrogen and oxygen atoms in total. The Kier molecular flexibility index (Phi) is 9.03. The van der Waals surface area contributed by atoms with Gasteiger partial charge in [0.15, 0.2) is 11.5 Å². The van der Waals surface area contributed by atoms with Crippen LogP contribution in [0.2, 0.25) is 0 Å². The van der Waals surface area contributed by atoms with Crippen molar-refractivity contribution in [2.75, 3.05) is 39.3 Å². The summed E-state index contributed by atoms with van der Waals surface area (Å²) >= 11 is 0. The third-order valence-electron chi connectivity index (χ3n) is 6.44. The maximum atomic E-state index is 14.1.